The van der Waals surface area contributed by atoms with Crippen LogP contribution in [0.5, 0.6) is 0 Å². The van der Waals surface area contributed by atoms with E-state index in [0.29, 0.717) is 0 Å². The predicted molar refractivity (Wildman–Crippen MR) is 67.0 cm³/mol. The van der Waals surface area contributed by atoms with Crippen molar-refractivity contribution in [3.05, 3.63) is 24.3 Å². The van der Waals surface area contributed by atoms with Gasteiger partial charge >= 0.3 is 0 Å². The summed E-state index contributed by atoms with van der Waals surface area (Å²) in [5.41, 5.74) is 0. The van der Waals surface area contributed by atoms with Crippen molar-refractivity contribution >= 4 is 0 Å². The molecule has 4 atom stereocenters. The molecule has 0 amide bonds. The van der Waals surface area contributed by atoms with Crippen molar-refractivity contribution in [2.24, 2.45) is 0 Å². The van der Waals surface area contributed by atoms with Crippen molar-refractivity contribution in [3.63, 3.8) is 0 Å². The van der Waals surface area contributed by atoms with Gasteiger partial charge in [0.2, 0.25) is 0 Å². The highest BCUT2D eigenvalue weighted by Crippen LogP contribution is 2.25. The first-order chi connectivity index (χ1) is 8.35. The van der Waals surface area contributed by atoms with Crippen LogP contribution >= 0.6 is 0 Å². The summed E-state index contributed by atoms with van der Waals surface area (Å²) in [5, 5.41) is 0. The summed E-state index contributed by atoms with van der Waals surface area (Å²) >= 11 is 0. The van der Waals surface area contributed by atoms with Crippen molar-refractivity contribution in [1.29, 1.82) is 0 Å². The van der Waals surface area contributed by atoms with E-state index in [1.807, 2.05) is 0 Å². The Morgan fingerprint density at radius 2 is 1.41 bits per heavy atom. The van der Waals surface area contributed by atoms with E-state index in [9.17, 15) is 0 Å². The van der Waals surface area contributed by atoms with E-state index in [-0.39, 0.29) is 24.4 Å². The molecule has 2 saturated heterocycles. The van der Waals surface area contributed by atoms with Gasteiger partial charge in [0, 0.05) is 0 Å². The highest BCUT2D eigenvalue weighted by atomic mass is 16.6. The summed E-state index contributed by atoms with van der Waals surface area (Å²) < 4.78 is 16.7. The van der Waals surface area contributed by atoms with Gasteiger partial charge in [-0.1, -0.05) is 38.2 Å². The largest absolute Gasteiger partial charge is 0.370 e. The number of ether oxygens (including phenoxy) is 3. The SMILES string of the molecule is CCC=CC(OC(C=CCC)C1CO1)C1CO1. The van der Waals surface area contributed by atoms with E-state index >= 15 is 0 Å². The number of allylic oxidation sites excluding steroid dienone is 2. The minimum Gasteiger partial charge on any atom is -0.370 e. The fourth-order valence-electron chi connectivity index (χ4n) is 1.73. The van der Waals surface area contributed by atoms with Crippen LogP contribution in [0.3, 0.4) is 0 Å². The Hall–Kier alpha value is -0.640. The highest BCUT2D eigenvalue weighted by molar-refractivity contribution is 5.03. The molecule has 2 aliphatic rings. The topological polar surface area (TPSA) is 34.3 Å². The zero-order valence-corrected chi connectivity index (χ0v) is 10.7. The van der Waals surface area contributed by atoms with Crippen LogP contribution in [0.1, 0.15) is 26.7 Å². The van der Waals surface area contributed by atoms with E-state index in [1.165, 1.54) is 0 Å². The van der Waals surface area contributed by atoms with Gasteiger partial charge in [0.15, 0.2) is 0 Å². The lowest BCUT2D eigenvalue weighted by Gasteiger charge is -2.18. The summed E-state index contributed by atoms with van der Waals surface area (Å²) in [6.07, 6.45) is 11.2. The van der Waals surface area contributed by atoms with E-state index in [4.69, 9.17) is 14.2 Å². The monoisotopic (exact) mass is 238 g/mol. The summed E-state index contributed by atoms with van der Waals surface area (Å²) in [6.45, 7) is 5.88. The normalized spacial score (nSPS) is 30.9. The Balaban J connectivity index is 1.89. The van der Waals surface area contributed by atoms with Crippen LogP contribution in [0.2, 0.25) is 0 Å². The summed E-state index contributed by atoms with van der Waals surface area (Å²) in [6, 6.07) is 0. The molecule has 2 fully saturated rings. The van der Waals surface area contributed by atoms with Crippen LogP contribution in [-0.2, 0) is 14.2 Å². The minimum atomic E-state index is 0.0747. The van der Waals surface area contributed by atoms with Crippen LogP contribution < -0.4 is 0 Å². The molecule has 0 spiro atoms. The maximum Gasteiger partial charge on any atom is 0.111 e. The van der Waals surface area contributed by atoms with E-state index < -0.39 is 0 Å². The zero-order valence-electron chi connectivity index (χ0n) is 10.7. The molecule has 2 aliphatic heterocycles. The lowest BCUT2D eigenvalue weighted by atomic mass is 10.2. The molecule has 0 aromatic carbocycles. The van der Waals surface area contributed by atoms with Crippen molar-refractivity contribution in [2.75, 3.05) is 13.2 Å². The second-order valence-corrected chi connectivity index (χ2v) is 4.48. The highest BCUT2D eigenvalue weighted by Gasteiger charge is 2.38. The van der Waals surface area contributed by atoms with Gasteiger partial charge in [-0.05, 0) is 12.8 Å². The lowest BCUT2D eigenvalue weighted by Crippen LogP contribution is -2.27. The summed E-state index contributed by atoms with van der Waals surface area (Å²) in [5.74, 6) is 0. The smallest absolute Gasteiger partial charge is 0.111 e. The first kappa shape index (κ1) is 12.8. The zero-order chi connectivity index (χ0) is 12.1. The third-order valence-corrected chi connectivity index (χ3v) is 2.89. The average Bonchev–Trinajstić information content (AvgIpc) is 3.18. The van der Waals surface area contributed by atoms with Crippen LogP contribution in [0.4, 0.5) is 0 Å². The van der Waals surface area contributed by atoms with E-state index in [2.05, 4.69) is 38.2 Å². The Morgan fingerprint density at radius 3 is 1.71 bits per heavy atom. The first-order valence-electron chi connectivity index (χ1n) is 6.57. The van der Waals surface area contributed by atoms with Gasteiger partial charge in [-0.15, -0.1) is 0 Å². The van der Waals surface area contributed by atoms with Crippen molar-refractivity contribution in [1.82, 2.24) is 0 Å². The number of hydrogen-bond acceptors (Lipinski definition) is 3. The molecule has 0 bridgehead atoms. The predicted octanol–water partition coefficient (Wildman–Crippen LogP) is 2.47. The van der Waals surface area contributed by atoms with Gasteiger partial charge in [-0.25, -0.2) is 0 Å². The van der Waals surface area contributed by atoms with E-state index in [0.717, 1.165) is 26.1 Å². The summed E-state index contributed by atoms with van der Waals surface area (Å²) in [4.78, 5) is 0. The second kappa shape index (κ2) is 6.34. The molecular weight excluding hydrogens is 216 g/mol. The Kier molecular flexibility index (Phi) is 4.77. The minimum absolute atomic E-state index is 0.0747. The maximum atomic E-state index is 6.08. The maximum absolute atomic E-state index is 6.08. The molecule has 0 aromatic rings. The molecule has 3 heteroatoms. The molecule has 0 radical (unpaired) electrons. The summed E-state index contributed by atoms with van der Waals surface area (Å²) in [7, 11) is 0. The molecule has 2 heterocycles. The quantitative estimate of drug-likeness (QED) is 0.481. The van der Waals surface area contributed by atoms with Crippen LogP contribution in [-0.4, -0.2) is 37.6 Å². The molecule has 17 heavy (non-hydrogen) atoms. The fourth-order valence-corrected chi connectivity index (χ4v) is 1.73. The molecule has 96 valence electrons. The molecule has 4 unspecified atom stereocenters. The molecule has 3 nitrogen and oxygen atoms in total. The van der Waals surface area contributed by atoms with Gasteiger partial charge in [0.25, 0.3) is 0 Å². The second-order valence-electron chi connectivity index (χ2n) is 4.48. The average molecular weight is 238 g/mol. The van der Waals surface area contributed by atoms with E-state index in [1.54, 1.807) is 0 Å². The molecular formula is C14H22O3. The van der Waals surface area contributed by atoms with Crippen molar-refractivity contribution in [3.8, 4) is 0 Å². The lowest BCUT2D eigenvalue weighted by molar-refractivity contribution is 0.0113. The van der Waals surface area contributed by atoms with Gasteiger partial charge in [0.1, 0.15) is 24.4 Å². The molecule has 0 N–H and O–H groups in total. The van der Waals surface area contributed by atoms with Crippen LogP contribution in [0, 0.1) is 0 Å². The number of rotatable bonds is 8. The van der Waals surface area contributed by atoms with Gasteiger partial charge in [-0.3, -0.25) is 0 Å². The molecule has 0 aromatic heterocycles. The third kappa shape index (κ3) is 4.26. The Morgan fingerprint density at radius 1 is 1.00 bits per heavy atom. The van der Waals surface area contributed by atoms with Crippen molar-refractivity contribution in [2.45, 2.75) is 51.1 Å². The van der Waals surface area contributed by atoms with Crippen LogP contribution in [0.25, 0.3) is 0 Å². The number of hydrogen-bond donors (Lipinski definition) is 0. The number of epoxide rings is 2. The molecule has 2 rings (SSSR count). The van der Waals surface area contributed by atoms with Gasteiger partial charge < -0.3 is 14.2 Å². The molecule has 0 aliphatic carbocycles. The Labute approximate surface area is 103 Å². The van der Waals surface area contributed by atoms with Gasteiger partial charge in [-0.2, -0.15) is 0 Å². The van der Waals surface area contributed by atoms with Crippen LogP contribution in [0.15, 0.2) is 24.3 Å². The first-order valence-corrected chi connectivity index (χ1v) is 6.57. The standard InChI is InChI=1S/C14H22O3/c1-3-5-7-11(13-9-15-13)17-12(8-6-4-2)14-10-16-14/h5-8,11-14H,3-4,9-10H2,1-2H3. The Bertz CT molecular complexity index is 249. The fraction of sp³-hybridized carbons (Fsp3) is 0.714. The third-order valence-electron chi connectivity index (χ3n) is 2.89. The molecule has 0 saturated carbocycles. The van der Waals surface area contributed by atoms with Crippen molar-refractivity contribution < 1.29 is 14.2 Å². The van der Waals surface area contributed by atoms with Gasteiger partial charge in [0.05, 0.1) is 13.2 Å².